The summed E-state index contributed by atoms with van der Waals surface area (Å²) in [5.41, 5.74) is 3.27. The first-order chi connectivity index (χ1) is 22.9. The van der Waals surface area contributed by atoms with Crippen LogP contribution < -0.4 is 14.4 Å². The van der Waals surface area contributed by atoms with E-state index < -0.39 is 17.7 Å². The lowest BCUT2D eigenvalue weighted by atomic mass is 9.94. The summed E-state index contributed by atoms with van der Waals surface area (Å²) in [4.78, 5) is 28.8. The van der Waals surface area contributed by atoms with Gasteiger partial charge in [0.2, 0.25) is 5.13 Å². The fraction of sp³-hybridized carbons (Fsp3) is 0.167. The molecule has 5 aromatic rings. The molecule has 0 bridgehead atoms. The second-order valence-corrected chi connectivity index (χ2v) is 13.4. The molecule has 0 aliphatic carbocycles. The predicted octanol–water partition coefficient (Wildman–Crippen LogP) is 7.50. The SMILES string of the molecule is CC1Cc2cc(C(O)=C3C(=O)C(=O)N(c4nnc(SCc5ccccc5F)s4)C3c3cccc(OCc4ccccc4)c3)ccc2O1. The van der Waals surface area contributed by atoms with Gasteiger partial charge in [-0.3, -0.25) is 14.5 Å². The summed E-state index contributed by atoms with van der Waals surface area (Å²) in [5.74, 6) is -0.742. The number of nitrogens with zero attached hydrogens (tertiary/aromatic N) is 3. The zero-order valence-corrected chi connectivity index (χ0v) is 26.8. The molecule has 1 amide bonds. The molecule has 0 radical (unpaired) electrons. The van der Waals surface area contributed by atoms with Crippen molar-refractivity contribution in [3.8, 4) is 11.5 Å². The topological polar surface area (TPSA) is 102 Å². The van der Waals surface area contributed by atoms with Crippen molar-refractivity contribution < 1.29 is 28.6 Å². The van der Waals surface area contributed by atoms with Crippen LogP contribution in [0.4, 0.5) is 9.52 Å². The van der Waals surface area contributed by atoms with E-state index in [1.807, 2.05) is 37.3 Å². The summed E-state index contributed by atoms with van der Waals surface area (Å²) in [6.45, 7) is 2.28. The quantitative estimate of drug-likeness (QED) is 0.0568. The van der Waals surface area contributed by atoms with Crippen molar-refractivity contribution in [3.63, 3.8) is 0 Å². The standard InChI is InChI=1S/C36H28FN3O5S2/c1-21-16-26-17-24(14-15-29(26)45-21)32(41)30-31(23-11-7-12-27(18-23)44-19-22-8-3-2-4-9-22)40(34(43)33(30)42)35-38-39-36(47-35)46-20-25-10-5-6-13-28(25)37/h2-15,17-18,21,31,41H,16,19-20H2,1H3. The molecule has 236 valence electrons. The number of hydrogen-bond donors (Lipinski definition) is 1. The van der Waals surface area contributed by atoms with E-state index in [1.54, 1.807) is 60.7 Å². The zero-order valence-electron chi connectivity index (χ0n) is 25.1. The van der Waals surface area contributed by atoms with Crippen LogP contribution in [-0.2, 0) is 28.4 Å². The van der Waals surface area contributed by atoms with Crippen LogP contribution in [0.5, 0.6) is 11.5 Å². The number of fused-ring (bicyclic) bond motifs is 1. The number of thioether (sulfide) groups is 1. The van der Waals surface area contributed by atoms with Gasteiger partial charge in [0, 0.05) is 17.7 Å². The Bertz CT molecular complexity index is 2010. The highest BCUT2D eigenvalue weighted by atomic mass is 32.2. The summed E-state index contributed by atoms with van der Waals surface area (Å²) in [6, 6.07) is 27.5. The first kappa shape index (κ1) is 30.6. The molecule has 2 atom stereocenters. The van der Waals surface area contributed by atoms with Gasteiger partial charge in [0.15, 0.2) is 4.34 Å². The number of rotatable bonds is 9. The molecule has 1 aromatic heterocycles. The van der Waals surface area contributed by atoms with Gasteiger partial charge in [-0.05, 0) is 65.6 Å². The lowest BCUT2D eigenvalue weighted by Crippen LogP contribution is -2.29. The van der Waals surface area contributed by atoms with Gasteiger partial charge in [-0.2, -0.15) is 0 Å². The highest BCUT2D eigenvalue weighted by Crippen LogP contribution is 2.45. The third kappa shape index (κ3) is 6.24. The van der Waals surface area contributed by atoms with Crippen molar-refractivity contribution in [1.82, 2.24) is 10.2 Å². The van der Waals surface area contributed by atoms with Crippen molar-refractivity contribution >= 4 is 45.7 Å². The lowest BCUT2D eigenvalue weighted by molar-refractivity contribution is -0.132. The first-order valence-electron chi connectivity index (χ1n) is 14.9. The number of aromatic nitrogens is 2. The molecule has 8 nitrogen and oxygen atoms in total. The van der Waals surface area contributed by atoms with Gasteiger partial charge in [-0.25, -0.2) is 4.39 Å². The molecule has 0 spiro atoms. The van der Waals surface area contributed by atoms with Crippen LogP contribution in [0.15, 0.2) is 107 Å². The number of benzene rings is 4. The molecule has 2 aliphatic heterocycles. The van der Waals surface area contributed by atoms with Crippen molar-refractivity contribution in [1.29, 1.82) is 0 Å². The van der Waals surface area contributed by atoms with Gasteiger partial charge >= 0.3 is 5.91 Å². The molecule has 2 unspecified atom stereocenters. The van der Waals surface area contributed by atoms with Gasteiger partial charge < -0.3 is 14.6 Å². The number of Topliss-reactive ketones (excluding diaryl/α,β-unsaturated/α-hetero) is 1. The Morgan fingerprint density at radius 2 is 1.83 bits per heavy atom. The van der Waals surface area contributed by atoms with E-state index in [9.17, 15) is 19.1 Å². The second kappa shape index (κ2) is 13.0. The average molecular weight is 666 g/mol. The smallest absolute Gasteiger partial charge is 0.301 e. The minimum atomic E-state index is -1.02. The molecule has 1 saturated heterocycles. The predicted molar refractivity (Wildman–Crippen MR) is 178 cm³/mol. The monoisotopic (exact) mass is 665 g/mol. The van der Waals surface area contributed by atoms with Crippen LogP contribution in [-0.4, -0.2) is 33.1 Å². The van der Waals surface area contributed by atoms with E-state index in [1.165, 1.54) is 22.7 Å². The number of aliphatic hydroxyl groups excluding tert-OH is 1. The molecule has 3 heterocycles. The normalized spacial score (nSPS) is 18.3. The van der Waals surface area contributed by atoms with Crippen LogP contribution in [0.1, 0.15) is 40.8 Å². The van der Waals surface area contributed by atoms with Crippen LogP contribution in [0.25, 0.3) is 5.76 Å². The highest BCUT2D eigenvalue weighted by molar-refractivity contribution is 8.00. The number of ether oxygens (including phenoxy) is 2. The lowest BCUT2D eigenvalue weighted by Gasteiger charge is -2.23. The van der Waals surface area contributed by atoms with E-state index >= 15 is 0 Å². The number of halogens is 1. The van der Waals surface area contributed by atoms with Crippen LogP contribution in [0.3, 0.4) is 0 Å². The molecule has 47 heavy (non-hydrogen) atoms. The molecule has 1 N–H and O–H groups in total. The van der Waals surface area contributed by atoms with E-state index in [2.05, 4.69) is 10.2 Å². The van der Waals surface area contributed by atoms with Gasteiger partial charge in [-0.1, -0.05) is 83.8 Å². The van der Waals surface area contributed by atoms with Crippen LogP contribution in [0, 0.1) is 5.82 Å². The highest BCUT2D eigenvalue weighted by Gasteiger charge is 2.48. The molecular weight excluding hydrogens is 638 g/mol. The molecular formula is C36H28FN3O5S2. The molecule has 4 aromatic carbocycles. The largest absolute Gasteiger partial charge is 0.507 e. The van der Waals surface area contributed by atoms with Gasteiger partial charge in [0.05, 0.1) is 11.6 Å². The first-order valence-corrected chi connectivity index (χ1v) is 16.7. The van der Waals surface area contributed by atoms with Gasteiger partial charge in [-0.15, -0.1) is 10.2 Å². The van der Waals surface area contributed by atoms with Crippen LogP contribution >= 0.6 is 23.1 Å². The van der Waals surface area contributed by atoms with Gasteiger partial charge in [0.1, 0.15) is 35.8 Å². The number of hydrogen-bond acceptors (Lipinski definition) is 9. The summed E-state index contributed by atoms with van der Waals surface area (Å²) >= 11 is 2.39. The van der Waals surface area contributed by atoms with Crippen molar-refractivity contribution in [2.75, 3.05) is 4.90 Å². The Morgan fingerprint density at radius 1 is 1.02 bits per heavy atom. The van der Waals surface area contributed by atoms with E-state index in [-0.39, 0.29) is 28.4 Å². The Morgan fingerprint density at radius 3 is 2.66 bits per heavy atom. The molecule has 11 heteroatoms. The van der Waals surface area contributed by atoms with Crippen molar-refractivity contribution in [2.45, 2.75) is 42.2 Å². The molecule has 7 rings (SSSR count). The Hall–Kier alpha value is -5.00. The Balaban J connectivity index is 1.26. The van der Waals surface area contributed by atoms with Crippen molar-refractivity contribution in [3.05, 3.63) is 136 Å². The number of anilines is 1. The Kier molecular flexibility index (Phi) is 8.48. The van der Waals surface area contributed by atoms with E-state index in [0.717, 1.165) is 28.2 Å². The molecule has 2 aliphatic rings. The zero-order chi connectivity index (χ0) is 32.5. The summed E-state index contributed by atoms with van der Waals surface area (Å²) in [7, 11) is 0. The number of amides is 1. The minimum absolute atomic E-state index is 0.00514. The fourth-order valence-electron chi connectivity index (χ4n) is 5.70. The van der Waals surface area contributed by atoms with E-state index in [4.69, 9.17) is 9.47 Å². The number of carbonyl (C=O) groups excluding carboxylic acids is 2. The number of ketones is 1. The summed E-state index contributed by atoms with van der Waals surface area (Å²) in [6.07, 6.45) is 0.655. The average Bonchev–Trinajstić information content (AvgIpc) is 3.78. The fourth-order valence-corrected chi connectivity index (χ4v) is 7.55. The summed E-state index contributed by atoms with van der Waals surface area (Å²) < 4.78 is 26.6. The van der Waals surface area contributed by atoms with E-state index in [0.29, 0.717) is 45.6 Å². The number of carbonyl (C=O) groups is 2. The van der Waals surface area contributed by atoms with Crippen molar-refractivity contribution in [2.24, 2.45) is 0 Å². The Labute approximate surface area is 278 Å². The number of aliphatic hydroxyl groups is 1. The maximum Gasteiger partial charge on any atom is 0.301 e. The second-order valence-electron chi connectivity index (χ2n) is 11.2. The third-order valence-electron chi connectivity index (χ3n) is 7.95. The van der Waals surface area contributed by atoms with Crippen LogP contribution in [0.2, 0.25) is 0 Å². The minimum Gasteiger partial charge on any atom is -0.507 e. The maximum absolute atomic E-state index is 14.2. The molecule has 1 fully saturated rings. The molecule has 0 saturated carbocycles. The summed E-state index contributed by atoms with van der Waals surface area (Å²) in [5, 5.41) is 20.4. The maximum atomic E-state index is 14.2. The third-order valence-corrected chi connectivity index (χ3v) is 10.1. The van der Waals surface area contributed by atoms with Gasteiger partial charge in [0.25, 0.3) is 5.78 Å².